The van der Waals surface area contributed by atoms with Crippen molar-refractivity contribution >= 4 is 17.5 Å². The van der Waals surface area contributed by atoms with Crippen molar-refractivity contribution in [2.45, 2.75) is 46.0 Å². The molecule has 0 atom stereocenters. The van der Waals surface area contributed by atoms with Crippen molar-refractivity contribution in [3.05, 3.63) is 52.8 Å². The van der Waals surface area contributed by atoms with Crippen LogP contribution >= 0.6 is 0 Å². The number of carbonyl (C=O) groups is 3. The number of aliphatic carboxylic acids is 1. The van der Waals surface area contributed by atoms with E-state index in [1.165, 1.54) is 31.2 Å². The number of aromatic hydroxyl groups is 1. The van der Waals surface area contributed by atoms with Gasteiger partial charge in [-0.05, 0) is 37.6 Å². The van der Waals surface area contributed by atoms with Gasteiger partial charge in [0.15, 0.2) is 23.1 Å². The summed E-state index contributed by atoms with van der Waals surface area (Å²) in [6.07, 6.45) is 1.04. The third-order valence-electron chi connectivity index (χ3n) is 4.75. The topological polar surface area (TPSA) is 110 Å². The molecule has 2 aromatic carbocycles. The van der Waals surface area contributed by atoms with Crippen molar-refractivity contribution in [1.29, 1.82) is 0 Å². The highest BCUT2D eigenvalue weighted by atomic mass is 19.1. The molecule has 0 amide bonds. The van der Waals surface area contributed by atoms with Gasteiger partial charge in [0.2, 0.25) is 0 Å². The molecule has 0 radical (unpaired) electrons. The molecule has 32 heavy (non-hydrogen) atoms. The summed E-state index contributed by atoms with van der Waals surface area (Å²) in [5.41, 5.74) is 0.613. The molecule has 8 heteroatoms. The number of phenols is 1. The van der Waals surface area contributed by atoms with Crippen LogP contribution in [0.1, 0.15) is 65.8 Å². The van der Waals surface area contributed by atoms with Crippen LogP contribution in [0.2, 0.25) is 0 Å². The Kier molecular flexibility index (Phi) is 9.19. The van der Waals surface area contributed by atoms with Crippen LogP contribution < -0.4 is 9.47 Å². The summed E-state index contributed by atoms with van der Waals surface area (Å²) in [6, 6.07) is 7.32. The lowest BCUT2D eigenvalue weighted by Gasteiger charge is -2.15. The number of halogens is 1. The normalized spacial score (nSPS) is 10.6. The molecular formula is C24H27FO7. The van der Waals surface area contributed by atoms with E-state index in [2.05, 4.69) is 0 Å². The predicted octanol–water partition coefficient (Wildman–Crippen LogP) is 4.58. The third kappa shape index (κ3) is 6.54. The molecule has 0 aliphatic heterocycles. The molecule has 0 saturated carbocycles. The van der Waals surface area contributed by atoms with E-state index in [1.54, 1.807) is 6.07 Å². The maximum Gasteiger partial charge on any atom is 0.303 e. The summed E-state index contributed by atoms with van der Waals surface area (Å²) in [5, 5.41) is 19.0. The molecule has 2 rings (SSSR count). The summed E-state index contributed by atoms with van der Waals surface area (Å²) in [6.45, 7) is 3.68. The fourth-order valence-corrected chi connectivity index (χ4v) is 3.14. The van der Waals surface area contributed by atoms with Crippen molar-refractivity contribution in [2.75, 3.05) is 13.2 Å². The molecule has 0 heterocycles. The first-order chi connectivity index (χ1) is 15.3. The fraction of sp³-hybridized carbons (Fsp3) is 0.375. The zero-order chi connectivity index (χ0) is 23.7. The molecule has 7 nitrogen and oxygen atoms in total. The van der Waals surface area contributed by atoms with E-state index in [0.29, 0.717) is 24.2 Å². The molecule has 0 aliphatic rings. The van der Waals surface area contributed by atoms with E-state index in [-0.39, 0.29) is 54.5 Å². The number of Topliss-reactive ketones (excluding diaryl/α,β-unsaturated/α-hetero) is 2. The Bertz CT molecular complexity index is 985. The average molecular weight is 446 g/mol. The lowest BCUT2D eigenvalue weighted by Crippen LogP contribution is -2.10. The minimum absolute atomic E-state index is 0.0699. The Labute approximate surface area is 185 Å². The number of hydrogen-bond acceptors (Lipinski definition) is 6. The van der Waals surface area contributed by atoms with Crippen LogP contribution in [0.25, 0.3) is 0 Å². The molecule has 0 fully saturated rings. The molecule has 2 aromatic rings. The molecular weight excluding hydrogens is 419 g/mol. The van der Waals surface area contributed by atoms with Crippen molar-refractivity contribution in [3.63, 3.8) is 0 Å². The van der Waals surface area contributed by atoms with E-state index in [0.717, 1.165) is 6.42 Å². The van der Waals surface area contributed by atoms with Crippen LogP contribution in [0, 0.1) is 5.82 Å². The van der Waals surface area contributed by atoms with Crippen LogP contribution in [-0.2, 0) is 11.2 Å². The maximum atomic E-state index is 14.5. The van der Waals surface area contributed by atoms with Gasteiger partial charge in [0.1, 0.15) is 11.5 Å². The largest absolute Gasteiger partial charge is 0.507 e. The second kappa shape index (κ2) is 11.8. The van der Waals surface area contributed by atoms with Gasteiger partial charge in [-0.1, -0.05) is 19.4 Å². The number of carboxylic acid groups (broad SMARTS) is 1. The van der Waals surface area contributed by atoms with Crippen LogP contribution in [0.5, 0.6) is 17.2 Å². The number of hydrogen-bond donors (Lipinski definition) is 2. The van der Waals surface area contributed by atoms with Gasteiger partial charge in [-0.15, -0.1) is 0 Å². The molecule has 2 N–H and O–H groups in total. The van der Waals surface area contributed by atoms with Gasteiger partial charge in [0, 0.05) is 18.4 Å². The van der Waals surface area contributed by atoms with Gasteiger partial charge < -0.3 is 19.7 Å². The number of ketones is 2. The quantitative estimate of drug-likeness (QED) is 0.342. The third-order valence-corrected chi connectivity index (χ3v) is 4.75. The molecule has 0 aromatic heterocycles. The first kappa shape index (κ1) is 24.8. The first-order valence-electron chi connectivity index (χ1n) is 10.4. The Morgan fingerprint density at radius 2 is 1.66 bits per heavy atom. The van der Waals surface area contributed by atoms with E-state index < -0.39 is 17.6 Å². The fourth-order valence-electron chi connectivity index (χ4n) is 3.14. The lowest BCUT2D eigenvalue weighted by atomic mass is 10.0. The summed E-state index contributed by atoms with van der Waals surface area (Å²) >= 11 is 0. The SMILES string of the molecule is CCCc1c(OCCCOc2cccc(C(=O)CCC(=O)O)c2F)ccc(C(C)=O)c1O. The van der Waals surface area contributed by atoms with E-state index in [4.69, 9.17) is 14.6 Å². The Balaban J connectivity index is 1.94. The first-order valence-corrected chi connectivity index (χ1v) is 10.4. The van der Waals surface area contributed by atoms with Gasteiger partial charge >= 0.3 is 5.97 Å². The summed E-state index contributed by atoms with van der Waals surface area (Å²) in [7, 11) is 0. The number of phenolic OH excluding ortho intramolecular Hbond substituents is 1. The molecule has 0 bridgehead atoms. The predicted molar refractivity (Wildman–Crippen MR) is 115 cm³/mol. The smallest absolute Gasteiger partial charge is 0.303 e. The van der Waals surface area contributed by atoms with Crippen LogP contribution in [0.3, 0.4) is 0 Å². The van der Waals surface area contributed by atoms with Crippen molar-refractivity contribution in [2.24, 2.45) is 0 Å². The standard InChI is InChI=1S/C24H27FO7/c1-3-6-18-20(11-9-16(15(2)26)24(18)30)31-13-5-14-32-21-8-4-7-17(23(21)25)19(27)10-12-22(28)29/h4,7-9,11,30H,3,5-6,10,12-14H2,1-2H3,(H,28,29). The minimum Gasteiger partial charge on any atom is -0.507 e. The van der Waals surface area contributed by atoms with Crippen LogP contribution in [0.15, 0.2) is 30.3 Å². The number of ether oxygens (including phenoxy) is 2. The lowest BCUT2D eigenvalue weighted by molar-refractivity contribution is -0.136. The monoisotopic (exact) mass is 446 g/mol. The zero-order valence-electron chi connectivity index (χ0n) is 18.2. The van der Waals surface area contributed by atoms with Gasteiger partial charge in [0.05, 0.1) is 30.8 Å². The highest BCUT2D eigenvalue weighted by Crippen LogP contribution is 2.33. The minimum atomic E-state index is -1.13. The average Bonchev–Trinajstić information content (AvgIpc) is 2.74. The van der Waals surface area contributed by atoms with E-state index in [1.807, 2.05) is 6.92 Å². The second-order valence-corrected chi connectivity index (χ2v) is 7.23. The zero-order valence-corrected chi connectivity index (χ0v) is 18.2. The number of carbonyl (C=O) groups excluding carboxylic acids is 2. The van der Waals surface area contributed by atoms with Gasteiger partial charge in [-0.3, -0.25) is 14.4 Å². The highest BCUT2D eigenvalue weighted by molar-refractivity contribution is 5.98. The molecule has 0 saturated heterocycles. The van der Waals surface area contributed by atoms with Crippen molar-refractivity contribution < 1.29 is 38.5 Å². The second-order valence-electron chi connectivity index (χ2n) is 7.23. The summed E-state index contributed by atoms with van der Waals surface area (Å²) in [5.74, 6) is -2.47. The Morgan fingerprint density at radius 1 is 0.969 bits per heavy atom. The van der Waals surface area contributed by atoms with Gasteiger partial charge in [-0.25, -0.2) is 4.39 Å². The molecule has 0 spiro atoms. The Hall–Kier alpha value is -3.42. The van der Waals surface area contributed by atoms with Crippen LogP contribution in [-0.4, -0.2) is 41.0 Å². The van der Waals surface area contributed by atoms with Crippen molar-refractivity contribution in [1.82, 2.24) is 0 Å². The van der Waals surface area contributed by atoms with Gasteiger partial charge in [0.25, 0.3) is 0 Å². The van der Waals surface area contributed by atoms with Crippen molar-refractivity contribution in [3.8, 4) is 17.2 Å². The summed E-state index contributed by atoms with van der Waals surface area (Å²) < 4.78 is 25.7. The van der Waals surface area contributed by atoms with Crippen LogP contribution in [0.4, 0.5) is 4.39 Å². The highest BCUT2D eigenvalue weighted by Gasteiger charge is 2.18. The number of rotatable bonds is 13. The Morgan fingerprint density at radius 3 is 2.28 bits per heavy atom. The summed E-state index contributed by atoms with van der Waals surface area (Å²) in [4.78, 5) is 34.2. The molecule has 172 valence electrons. The number of benzene rings is 2. The van der Waals surface area contributed by atoms with E-state index >= 15 is 0 Å². The molecule has 0 unspecified atom stereocenters. The van der Waals surface area contributed by atoms with Gasteiger partial charge in [-0.2, -0.15) is 0 Å². The number of carboxylic acids is 1. The van der Waals surface area contributed by atoms with E-state index in [9.17, 15) is 23.9 Å². The molecule has 0 aliphatic carbocycles. The maximum absolute atomic E-state index is 14.5.